The molecule has 3 heteroatoms. The Balaban J connectivity index is 1.97. The van der Waals surface area contributed by atoms with Gasteiger partial charge in [-0.2, -0.15) is 0 Å². The maximum atomic E-state index is 12.5. The quantitative estimate of drug-likeness (QED) is 0.825. The minimum Gasteiger partial charge on any atom is -0.345 e. The summed E-state index contributed by atoms with van der Waals surface area (Å²) in [6.45, 7) is 6.39. The standard InChI is InChI=1S/C17H23NO2/c1-4-17-11-12(2)10-15(19)18(17)13(3)16(20-17)14-8-6-5-7-9-14/h5-9,12-13,16H,4,10-11H2,1-3H3/t12-,13+,16+,17-/m1/s1. The van der Waals surface area contributed by atoms with Gasteiger partial charge in [0.2, 0.25) is 5.91 Å². The molecule has 0 aromatic heterocycles. The van der Waals surface area contributed by atoms with Crippen LogP contribution in [0.1, 0.15) is 51.7 Å². The van der Waals surface area contributed by atoms with E-state index in [1.807, 2.05) is 23.1 Å². The van der Waals surface area contributed by atoms with Crippen molar-refractivity contribution in [2.24, 2.45) is 5.92 Å². The molecule has 4 atom stereocenters. The lowest BCUT2D eigenvalue weighted by atomic mass is 9.87. The largest absolute Gasteiger partial charge is 0.345 e. The molecule has 0 unspecified atom stereocenters. The number of benzene rings is 1. The fraction of sp³-hybridized carbons (Fsp3) is 0.588. The first-order valence-corrected chi connectivity index (χ1v) is 7.62. The molecule has 0 saturated carbocycles. The number of rotatable bonds is 2. The Kier molecular flexibility index (Phi) is 3.33. The van der Waals surface area contributed by atoms with Crippen molar-refractivity contribution in [3.05, 3.63) is 35.9 Å². The summed E-state index contributed by atoms with van der Waals surface area (Å²) in [6.07, 6.45) is 2.45. The first-order chi connectivity index (χ1) is 9.57. The van der Waals surface area contributed by atoms with Crippen molar-refractivity contribution in [2.75, 3.05) is 0 Å². The van der Waals surface area contributed by atoms with E-state index >= 15 is 0 Å². The summed E-state index contributed by atoms with van der Waals surface area (Å²) in [5.74, 6) is 0.650. The van der Waals surface area contributed by atoms with Crippen LogP contribution in [0.15, 0.2) is 30.3 Å². The highest BCUT2D eigenvalue weighted by atomic mass is 16.5. The first kappa shape index (κ1) is 13.6. The zero-order chi connectivity index (χ0) is 14.3. The minimum absolute atomic E-state index is 0.00889. The molecule has 1 amide bonds. The molecule has 0 bridgehead atoms. The van der Waals surface area contributed by atoms with Gasteiger partial charge in [0.05, 0.1) is 6.04 Å². The molecule has 3 nitrogen and oxygen atoms in total. The Morgan fingerprint density at radius 3 is 2.65 bits per heavy atom. The predicted octanol–water partition coefficient (Wildman–Crippen LogP) is 3.51. The second-order valence-electron chi connectivity index (χ2n) is 6.27. The molecule has 2 aliphatic rings. The number of hydrogen-bond acceptors (Lipinski definition) is 2. The number of nitrogens with zero attached hydrogens (tertiary/aromatic N) is 1. The molecule has 2 aliphatic heterocycles. The van der Waals surface area contributed by atoms with Crippen LogP contribution in [0, 0.1) is 5.92 Å². The van der Waals surface area contributed by atoms with Gasteiger partial charge in [0.1, 0.15) is 11.8 Å². The lowest BCUT2D eigenvalue weighted by Gasteiger charge is -2.43. The average molecular weight is 273 g/mol. The van der Waals surface area contributed by atoms with Crippen molar-refractivity contribution in [1.82, 2.24) is 4.90 Å². The lowest BCUT2D eigenvalue weighted by Crippen LogP contribution is -2.55. The topological polar surface area (TPSA) is 29.5 Å². The summed E-state index contributed by atoms with van der Waals surface area (Å²) >= 11 is 0. The monoisotopic (exact) mass is 273 g/mol. The van der Waals surface area contributed by atoms with Crippen molar-refractivity contribution >= 4 is 5.91 Å². The van der Waals surface area contributed by atoms with E-state index in [0.29, 0.717) is 12.3 Å². The van der Waals surface area contributed by atoms with E-state index in [2.05, 4.69) is 32.9 Å². The Labute approximate surface area is 120 Å². The van der Waals surface area contributed by atoms with Crippen LogP contribution in [-0.4, -0.2) is 22.6 Å². The van der Waals surface area contributed by atoms with Gasteiger partial charge in [0.25, 0.3) is 0 Å². The van der Waals surface area contributed by atoms with Gasteiger partial charge in [-0.25, -0.2) is 0 Å². The molecular weight excluding hydrogens is 250 g/mol. The molecule has 0 N–H and O–H groups in total. The van der Waals surface area contributed by atoms with Crippen LogP contribution in [0.3, 0.4) is 0 Å². The molecule has 2 heterocycles. The highest BCUT2D eigenvalue weighted by Crippen LogP contribution is 2.48. The van der Waals surface area contributed by atoms with Gasteiger partial charge in [-0.15, -0.1) is 0 Å². The third kappa shape index (κ3) is 1.96. The van der Waals surface area contributed by atoms with E-state index in [0.717, 1.165) is 12.8 Å². The SMILES string of the molecule is CC[C@@]12C[C@H](C)CC(=O)N1[C@@H](C)[C@@H](c1ccccc1)O2. The van der Waals surface area contributed by atoms with Crippen molar-refractivity contribution in [3.63, 3.8) is 0 Å². The Hall–Kier alpha value is -1.35. The molecule has 20 heavy (non-hydrogen) atoms. The van der Waals surface area contributed by atoms with E-state index in [1.165, 1.54) is 5.56 Å². The van der Waals surface area contributed by atoms with Gasteiger partial charge in [-0.05, 0) is 31.2 Å². The number of amides is 1. The zero-order valence-electron chi connectivity index (χ0n) is 12.5. The summed E-state index contributed by atoms with van der Waals surface area (Å²) in [5, 5.41) is 0. The second-order valence-corrected chi connectivity index (χ2v) is 6.27. The van der Waals surface area contributed by atoms with Crippen LogP contribution in [-0.2, 0) is 9.53 Å². The predicted molar refractivity (Wildman–Crippen MR) is 78.0 cm³/mol. The molecule has 108 valence electrons. The number of piperidine rings is 1. The van der Waals surface area contributed by atoms with E-state index in [9.17, 15) is 4.79 Å². The van der Waals surface area contributed by atoms with Gasteiger partial charge in [-0.1, -0.05) is 44.2 Å². The van der Waals surface area contributed by atoms with E-state index in [1.54, 1.807) is 0 Å². The van der Waals surface area contributed by atoms with Crippen molar-refractivity contribution in [3.8, 4) is 0 Å². The molecule has 2 fully saturated rings. The van der Waals surface area contributed by atoms with Gasteiger partial charge in [0, 0.05) is 6.42 Å². The van der Waals surface area contributed by atoms with Crippen molar-refractivity contribution in [1.29, 1.82) is 0 Å². The van der Waals surface area contributed by atoms with Crippen LogP contribution >= 0.6 is 0 Å². The number of carbonyl (C=O) groups is 1. The summed E-state index contributed by atoms with van der Waals surface area (Å²) in [4.78, 5) is 14.5. The van der Waals surface area contributed by atoms with Crippen molar-refractivity contribution in [2.45, 2.75) is 57.9 Å². The van der Waals surface area contributed by atoms with E-state index in [-0.39, 0.29) is 18.1 Å². The Bertz CT molecular complexity index is 501. The Morgan fingerprint density at radius 2 is 2.00 bits per heavy atom. The highest BCUT2D eigenvalue weighted by Gasteiger charge is 2.55. The second kappa shape index (κ2) is 4.88. The van der Waals surface area contributed by atoms with Crippen LogP contribution in [0.5, 0.6) is 0 Å². The van der Waals surface area contributed by atoms with Crippen LogP contribution in [0.4, 0.5) is 0 Å². The molecule has 2 saturated heterocycles. The highest BCUT2D eigenvalue weighted by molar-refractivity contribution is 5.79. The first-order valence-electron chi connectivity index (χ1n) is 7.62. The van der Waals surface area contributed by atoms with Crippen LogP contribution in [0.25, 0.3) is 0 Å². The number of ether oxygens (including phenoxy) is 1. The fourth-order valence-corrected chi connectivity index (χ4v) is 3.90. The lowest BCUT2D eigenvalue weighted by molar-refractivity contribution is -0.170. The summed E-state index contributed by atoms with van der Waals surface area (Å²) in [7, 11) is 0. The number of carbonyl (C=O) groups excluding carboxylic acids is 1. The van der Waals surface area contributed by atoms with E-state index in [4.69, 9.17) is 4.74 Å². The van der Waals surface area contributed by atoms with Crippen molar-refractivity contribution < 1.29 is 9.53 Å². The van der Waals surface area contributed by atoms with Gasteiger partial charge in [-0.3, -0.25) is 4.79 Å². The molecule has 1 aromatic rings. The summed E-state index contributed by atoms with van der Waals surface area (Å²) in [6, 6.07) is 10.4. The zero-order valence-corrected chi connectivity index (χ0v) is 12.5. The summed E-state index contributed by atoms with van der Waals surface area (Å²) < 4.78 is 6.45. The maximum Gasteiger partial charge on any atom is 0.225 e. The summed E-state index contributed by atoms with van der Waals surface area (Å²) in [5.41, 5.74) is 0.775. The van der Waals surface area contributed by atoms with Gasteiger partial charge < -0.3 is 9.64 Å². The van der Waals surface area contributed by atoms with Crippen LogP contribution < -0.4 is 0 Å². The molecule has 1 aromatic carbocycles. The molecular formula is C17H23NO2. The van der Waals surface area contributed by atoms with E-state index < -0.39 is 5.72 Å². The maximum absolute atomic E-state index is 12.5. The average Bonchev–Trinajstić information content (AvgIpc) is 2.74. The smallest absolute Gasteiger partial charge is 0.225 e. The van der Waals surface area contributed by atoms with Gasteiger partial charge >= 0.3 is 0 Å². The Morgan fingerprint density at radius 1 is 1.30 bits per heavy atom. The number of hydrogen-bond donors (Lipinski definition) is 0. The number of fused-ring (bicyclic) bond motifs is 1. The van der Waals surface area contributed by atoms with Gasteiger partial charge in [0.15, 0.2) is 0 Å². The third-order valence-electron chi connectivity index (χ3n) is 4.77. The fourth-order valence-electron chi connectivity index (χ4n) is 3.90. The third-order valence-corrected chi connectivity index (χ3v) is 4.77. The molecule has 0 spiro atoms. The van der Waals surface area contributed by atoms with Crippen LogP contribution in [0.2, 0.25) is 0 Å². The molecule has 0 radical (unpaired) electrons. The minimum atomic E-state index is -0.394. The molecule has 0 aliphatic carbocycles. The molecule has 3 rings (SSSR count). The normalized spacial score (nSPS) is 37.0.